The highest BCUT2D eigenvalue weighted by Gasteiger charge is 2.28. The maximum Gasteiger partial charge on any atom is 0.214 e. The average Bonchev–Trinajstić information content (AvgIpc) is 2.39. The lowest BCUT2D eigenvalue weighted by molar-refractivity contribution is 0.118. The maximum absolute atomic E-state index is 12.2. The van der Waals surface area contributed by atoms with Gasteiger partial charge in [0, 0.05) is 20.2 Å². The van der Waals surface area contributed by atoms with Crippen molar-refractivity contribution in [1.29, 1.82) is 0 Å². The van der Waals surface area contributed by atoms with Gasteiger partial charge >= 0.3 is 0 Å². The van der Waals surface area contributed by atoms with Crippen LogP contribution >= 0.6 is 0 Å². The summed E-state index contributed by atoms with van der Waals surface area (Å²) in [6.07, 6.45) is 3.78. The summed E-state index contributed by atoms with van der Waals surface area (Å²) in [6.45, 7) is 5.79. The molecule has 1 aliphatic rings. The molecule has 1 N–H and O–H groups in total. The molecule has 0 aromatic rings. The fourth-order valence-electron chi connectivity index (χ4n) is 2.46. The van der Waals surface area contributed by atoms with Crippen LogP contribution in [0.1, 0.15) is 32.6 Å². The Labute approximate surface area is 117 Å². The molecule has 1 fully saturated rings. The van der Waals surface area contributed by atoms with E-state index in [1.54, 1.807) is 11.4 Å². The van der Waals surface area contributed by atoms with E-state index in [1.165, 1.54) is 0 Å². The normalized spacial score (nSPS) is 21.7. The predicted octanol–water partition coefficient (Wildman–Crippen LogP) is 1.06. The lowest BCUT2D eigenvalue weighted by atomic mass is 10.0. The minimum absolute atomic E-state index is 0.253. The van der Waals surface area contributed by atoms with Gasteiger partial charge in [-0.05, 0) is 44.7 Å². The largest absolute Gasteiger partial charge is 0.384 e. The minimum Gasteiger partial charge on any atom is -0.384 e. The zero-order chi connectivity index (χ0) is 14.1. The van der Waals surface area contributed by atoms with Crippen LogP contribution in [0, 0.1) is 5.92 Å². The molecule has 5 nitrogen and oxygen atoms in total. The first-order valence-corrected chi connectivity index (χ1v) is 8.88. The van der Waals surface area contributed by atoms with Crippen molar-refractivity contribution in [2.24, 2.45) is 5.92 Å². The third-order valence-corrected chi connectivity index (χ3v) is 5.38. The third-order valence-electron chi connectivity index (χ3n) is 3.46. The van der Waals surface area contributed by atoms with Gasteiger partial charge in [0.2, 0.25) is 10.0 Å². The molecule has 6 heteroatoms. The van der Waals surface area contributed by atoms with Crippen molar-refractivity contribution in [3.8, 4) is 0 Å². The highest BCUT2D eigenvalue weighted by Crippen LogP contribution is 2.19. The smallest absolute Gasteiger partial charge is 0.214 e. The Hall–Kier alpha value is -0.170. The highest BCUT2D eigenvalue weighted by atomic mass is 32.2. The summed E-state index contributed by atoms with van der Waals surface area (Å²) < 4.78 is 31.2. The quantitative estimate of drug-likeness (QED) is 0.646. The molecule has 0 aromatic heterocycles. The summed E-state index contributed by atoms with van der Waals surface area (Å²) in [5.74, 6) is 0.607. The molecule has 1 unspecified atom stereocenters. The monoisotopic (exact) mass is 292 g/mol. The van der Waals surface area contributed by atoms with Crippen molar-refractivity contribution in [2.75, 3.05) is 45.6 Å². The topological polar surface area (TPSA) is 58.6 Å². The SMILES string of the molecule is CCCNCCCS(=O)(=O)N1CCCC(COC)C1. The molecule has 1 saturated heterocycles. The van der Waals surface area contributed by atoms with Gasteiger partial charge in [-0.3, -0.25) is 0 Å². The van der Waals surface area contributed by atoms with Crippen LogP contribution in [-0.2, 0) is 14.8 Å². The van der Waals surface area contributed by atoms with Gasteiger partial charge in [0.1, 0.15) is 0 Å². The van der Waals surface area contributed by atoms with Crippen molar-refractivity contribution in [3.63, 3.8) is 0 Å². The van der Waals surface area contributed by atoms with Gasteiger partial charge in [-0.1, -0.05) is 6.92 Å². The first-order chi connectivity index (χ1) is 9.10. The number of piperidine rings is 1. The van der Waals surface area contributed by atoms with E-state index in [0.717, 1.165) is 32.4 Å². The molecule has 0 saturated carbocycles. The number of ether oxygens (including phenoxy) is 1. The predicted molar refractivity (Wildman–Crippen MR) is 77.7 cm³/mol. The molecule has 1 atom stereocenters. The van der Waals surface area contributed by atoms with E-state index in [1.807, 2.05) is 0 Å². The van der Waals surface area contributed by atoms with E-state index in [2.05, 4.69) is 12.2 Å². The first kappa shape index (κ1) is 16.9. The van der Waals surface area contributed by atoms with Crippen LogP contribution in [-0.4, -0.2) is 58.4 Å². The molecule has 0 spiro atoms. The second-order valence-corrected chi connectivity index (χ2v) is 7.33. The fourth-order valence-corrected chi connectivity index (χ4v) is 4.07. The second-order valence-electron chi connectivity index (χ2n) is 5.24. The van der Waals surface area contributed by atoms with Gasteiger partial charge in [0.05, 0.1) is 12.4 Å². The fraction of sp³-hybridized carbons (Fsp3) is 1.00. The molecule has 0 bridgehead atoms. The van der Waals surface area contributed by atoms with E-state index < -0.39 is 10.0 Å². The van der Waals surface area contributed by atoms with Crippen LogP contribution in [0.2, 0.25) is 0 Å². The van der Waals surface area contributed by atoms with Crippen LogP contribution in [0.25, 0.3) is 0 Å². The second kappa shape index (κ2) is 8.89. The molecule has 19 heavy (non-hydrogen) atoms. The summed E-state index contributed by atoms with van der Waals surface area (Å²) in [5.41, 5.74) is 0. The van der Waals surface area contributed by atoms with Gasteiger partial charge in [-0.25, -0.2) is 12.7 Å². The number of nitrogens with one attached hydrogen (secondary N) is 1. The van der Waals surface area contributed by atoms with E-state index in [-0.39, 0.29) is 5.75 Å². The van der Waals surface area contributed by atoms with Crippen LogP contribution in [0.4, 0.5) is 0 Å². The first-order valence-electron chi connectivity index (χ1n) is 7.27. The van der Waals surface area contributed by atoms with Gasteiger partial charge < -0.3 is 10.1 Å². The number of rotatable bonds is 9. The van der Waals surface area contributed by atoms with Gasteiger partial charge in [0.25, 0.3) is 0 Å². The van der Waals surface area contributed by atoms with E-state index >= 15 is 0 Å². The third kappa shape index (κ3) is 6.21. The summed E-state index contributed by atoms with van der Waals surface area (Å²) in [4.78, 5) is 0. The Bertz CT molecular complexity index is 331. The number of hydrogen-bond donors (Lipinski definition) is 1. The molecule has 1 aliphatic heterocycles. The molecular weight excluding hydrogens is 264 g/mol. The van der Waals surface area contributed by atoms with Crippen LogP contribution in [0.5, 0.6) is 0 Å². The number of methoxy groups -OCH3 is 1. The molecule has 1 heterocycles. The highest BCUT2D eigenvalue weighted by molar-refractivity contribution is 7.89. The van der Waals surface area contributed by atoms with Crippen LogP contribution in [0.3, 0.4) is 0 Å². The van der Waals surface area contributed by atoms with Gasteiger partial charge in [-0.2, -0.15) is 0 Å². The van der Waals surface area contributed by atoms with Crippen molar-refractivity contribution >= 4 is 10.0 Å². The Morgan fingerprint density at radius 3 is 2.84 bits per heavy atom. The van der Waals surface area contributed by atoms with E-state index in [4.69, 9.17) is 4.74 Å². The van der Waals surface area contributed by atoms with E-state index in [9.17, 15) is 8.42 Å². The Kier molecular flexibility index (Phi) is 7.90. The Balaban J connectivity index is 2.34. The Morgan fingerprint density at radius 2 is 2.16 bits per heavy atom. The summed E-state index contributed by atoms with van der Waals surface area (Å²) in [5, 5.41) is 3.24. The maximum atomic E-state index is 12.2. The van der Waals surface area contributed by atoms with Crippen molar-refractivity contribution in [2.45, 2.75) is 32.6 Å². The minimum atomic E-state index is -3.08. The van der Waals surface area contributed by atoms with Crippen molar-refractivity contribution in [3.05, 3.63) is 0 Å². The molecule has 0 aromatic carbocycles. The molecule has 0 aliphatic carbocycles. The molecule has 114 valence electrons. The summed E-state index contributed by atoms with van der Waals surface area (Å²) >= 11 is 0. The number of sulfonamides is 1. The number of nitrogens with zero attached hydrogens (tertiary/aromatic N) is 1. The standard InChI is InChI=1S/C13H28N2O3S/c1-3-7-14-8-5-10-19(16,17)15-9-4-6-13(11-15)12-18-2/h13-14H,3-12H2,1-2H3. The van der Waals surface area contributed by atoms with Crippen LogP contribution in [0.15, 0.2) is 0 Å². The Morgan fingerprint density at radius 1 is 1.37 bits per heavy atom. The zero-order valence-electron chi connectivity index (χ0n) is 12.2. The average molecular weight is 292 g/mol. The lowest BCUT2D eigenvalue weighted by Crippen LogP contribution is -2.42. The summed E-state index contributed by atoms with van der Waals surface area (Å²) in [6, 6.07) is 0. The van der Waals surface area contributed by atoms with Gasteiger partial charge in [-0.15, -0.1) is 0 Å². The summed E-state index contributed by atoms with van der Waals surface area (Å²) in [7, 11) is -1.41. The van der Waals surface area contributed by atoms with Crippen LogP contribution < -0.4 is 5.32 Å². The molecule has 0 radical (unpaired) electrons. The molecular formula is C13H28N2O3S. The number of hydrogen-bond acceptors (Lipinski definition) is 4. The lowest BCUT2D eigenvalue weighted by Gasteiger charge is -2.31. The van der Waals surface area contributed by atoms with Crippen molar-refractivity contribution in [1.82, 2.24) is 9.62 Å². The molecule has 1 rings (SSSR count). The zero-order valence-corrected chi connectivity index (χ0v) is 13.0. The van der Waals surface area contributed by atoms with E-state index in [0.29, 0.717) is 32.0 Å². The molecule has 0 amide bonds. The van der Waals surface area contributed by atoms with Crippen molar-refractivity contribution < 1.29 is 13.2 Å². The van der Waals surface area contributed by atoms with Gasteiger partial charge in [0.15, 0.2) is 0 Å².